The lowest BCUT2D eigenvalue weighted by Gasteiger charge is -2.13. The molecule has 0 radical (unpaired) electrons. The third-order valence-corrected chi connectivity index (χ3v) is 4.20. The van der Waals surface area contributed by atoms with Gasteiger partial charge in [-0.1, -0.05) is 11.6 Å². The van der Waals surface area contributed by atoms with Crippen LogP contribution >= 0.6 is 11.6 Å². The van der Waals surface area contributed by atoms with E-state index in [1.165, 1.54) is 0 Å². The Morgan fingerprint density at radius 1 is 1.25 bits per heavy atom. The number of aryl methyl sites for hydroxylation is 1. The van der Waals surface area contributed by atoms with E-state index in [1.54, 1.807) is 31.2 Å². The van der Waals surface area contributed by atoms with Gasteiger partial charge in [-0.2, -0.15) is 5.10 Å². The molecule has 1 aromatic heterocycles. The molecule has 0 aliphatic heterocycles. The first-order valence-corrected chi connectivity index (χ1v) is 7.90. The second kappa shape index (κ2) is 6.49. The third kappa shape index (κ3) is 3.05. The van der Waals surface area contributed by atoms with Crippen molar-refractivity contribution in [1.29, 1.82) is 0 Å². The molecule has 0 atom stereocenters. The maximum absolute atomic E-state index is 12.2. The molecule has 0 unspecified atom stereocenters. The molecule has 0 saturated carbocycles. The lowest BCUT2D eigenvalue weighted by Crippen LogP contribution is -2.22. The van der Waals surface area contributed by atoms with E-state index in [0.29, 0.717) is 40.5 Å². The molecule has 0 bridgehead atoms. The van der Waals surface area contributed by atoms with E-state index in [2.05, 4.69) is 10.5 Å². The zero-order chi connectivity index (χ0) is 17.3. The topological polar surface area (TPSA) is 97.7 Å². The van der Waals surface area contributed by atoms with Crippen molar-refractivity contribution in [2.45, 2.75) is 26.2 Å². The fraction of sp³-hybridized carbons (Fsp3) is 0.235. The van der Waals surface area contributed by atoms with Crippen LogP contribution in [-0.4, -0.2) is 17.5 Å². The van der Waals surface area contributed by atoms with Crippen molar-refractivity contribution in [3.8, 4) is 0 Å². The van der Waals surface area contributed by atoms with Crippen molar-refractivity contribution in [2.75, 3.05) is 0 Å². The van der Waals surface area contributed by atoms with Gasteiger partial charge in [-0.3, -0.25) is 9.59 Å². The first kappa shape index (κ1) is 16.3. The summed E-state index contributed by atoms with van der Waals surface area (Å²) < 4.78 is 5.55. The Morgan fingerprint density at radius 3 is 2.62 bits per heavy atom. The van der Waals surface area contributed by atoms with Crippen molar-refractivity contribution in [1.82, 2.24) is 5.43 Å². The van der Waals surface area contributed by atoms with Crippen LogP contribution < -0.4 is 11.2 Å². The maximum Gasteiger partial charge on any atom is 0.284 e. The second-order valence-electron chi connectivity index (χ2n) is 5.58. The predicted octanol–water partition coefficient (Wildman–Crippen LogP) is 2.81. The standard InChI is InChI=1S/C17H16ClN3O3/c1-9-14-12(3-2-4-13(14)24-15(9)16(19)22)20-21-17(23)10-5-7-11(18)8-6-10/h5-8H,2-4H2,1H3,(H2,19,22)(H,21,23)/b20-12+. The monoisotopic (exact) mass is 345 g/mol. The van der Waals surface area contributed by atoms with Gasteiger partial charge in [0.25, 0.3) is 11.8 Å². The molecule has 7 heteroatoms. The minimum atomic E-state index is -0.605. The van der Waals surface area contributed by atoms with Crippen LogP contribution in [0.5, 0.6) is 0 Å². The molecule has 6 nitrogen and oxygen atoms in total. The van der Waals surface area contributed by atoms with Gasteiger partial charge in [-0.05, 0) is 44.0 Å². The van der Waals surface area contributed by atoms with Gasteiger partial charge in [0.15, 0.2) is 5.76 Å². The summed E-state index contributed by atoms with van der Waals surface area (Å²) in [5.74, 6) is -0.0975. The highest BCUT2D eigenvalue weighted by molar-refractivity contribution is 6.30. The van der Waals surface area contributed by atoms with Gasteiger partial charge in [-0.15, -0.1) is 0 Å². The van der Waals surface area contributed by atoms with Gasteiger partial charge in [0.2, 0.25) is 0 Å². The first-order valence-electron chi connectivity index (χ1n) is 7.52. The fourth-order valence-electron chi connectivity index (χ4n) is 2.80. The summed E-state index contributed by atoms with van der Waals surface area (Å²) >= 11 is 5.81. The number of hydrazone groups is 1. The van der Waals surface area contributed by atoms with Crippen molar-refractivity contribution < 1.29 is 14.0 Å². The summed E-state index contributed by atoms with van der Waals surface area (Å²) in [5.41, 5.74) is 10.5. The van der Waals surface area contributed by atoms with E-state index in [1.807, 2.05) is 0 Å². The second-order valence-corrected chi connectivity index (χ2v) is 6.01. The number of benzene rings is 1. The van der Waals surface area contributed by atoms with Crippen molar-refractivity contribution in [2.24, 2.45) is 10.8 Å². The zero-order valence-electron chi connectivity index (χ0n) is 13.1. The fourth-order valence-corrected chi connectivity index (χ4v) is 2.93. The van der Waals surface area contributed by atoms with E-state index < -0.39 is 5.91 Å². The molecule has 24 heavy (non-hydrogen) atoms. The number of hydrogen-bond acceptors (Lipinski definition) is 4. The van der Waals surface area contributed by atoms with E-state index in [0.717, 1.165) is 12.0 Å². The third-order valence-electron chi connectivity index (χ3n) is 3.95. The summed E-state index contributed by atoms with van der Waals surface area (Å²) in [6.45, 7) is 1.77. The molecule has 3 rings (SSSR count). The van der Waals surface area contributed by atoms with Gasteiger partial charge in [-0.25, -0.2) is 5.43 Å². The lowest BCUT2D eigenvalue weighted by molar-refractivity contribution is 0.0952. The van der Waals surface area contributed by atoms with E-state index >= 15 is 0 Å². The minimum Gasteiger partial charge on any atom is -0.455 e. The first-order chi connectivity index (χ1) is 11.5. The molecule has 2 aromatic rings. The Hall–Kier alpha value is -2.60. The number of nitrogens with one attached hydrogen (secondary N) is 1. The van der Waals surface area contributed by atoms with Gasteiger partial charge >= 0.3 is 0 Å². The Labute approximate surface area is 143 Å². The number of hydrogen-bond donors (Lipinski definition) is 2. The summed E-state index contributed by atoms with van der Waals surface area (Å²) in [7, 11) is 0. The normalized spacial score (nSPS) is 15.2. The highest BCUT2D eigenvalue weighted by Crippen LogP contribution is 2.29. The highest BCUT2D eigenvalue weighted by Gasteiger charge is 2.27. The van der Waals surface area contributed by atoms with Crippen LogP contribution in [0, 0.1) is 6.92 Å². The summed E-state index contributed by atoms with van der Waals surface area (Å²) in [4.78, 5) is 23.6. The van der Waals surface area contributed by atoms with Gasteiger partial charge < -0.3 is 10.2 Å². The quantitative estimate of drug-likeness (QED) is 0.837. The number of rotatable bonds is 3. The number of carbonyl (C=O) groups is 2. The molecule has 1 heterocycles. The van der Waals surface area contributed by atoms with Crippen LogP contribution in [0.3, 0.4) is 0 Å². The van der Waals surface area contributed by atoms with Crippen LogP contribution in [0.1, 0.15) is 50.6 Å². The van der Waals surface area contributed by atoms with Crippen LogP contribution in [0.4, 0.5) is 0 Å². The van der Waals surface area contributed by atoms with Crippen molar-refractivity contribution >= 4 is 29.1 Å². The smallest absolute Gasteiger partial charge is 0.284 e. The Morgan fingerprint density at radius 2 is 1.96 bits per heavy atom. The van der Waals surface area contributed by atoms with Crippen LogP contribution in [0.25, 0.3) is 0 Å². The van der Waals surface area contributed by atoms with Gasteiger partial charge in [0, 0.05) is 28.1 Å². The number of amides is 2. The summed E-state index contributed by atoms with van der Waals surface area (Å²) in [6, 6.07) is 6.53. The SMILES string of the molecule is Cc1c(C(N)=O)oc2c1/C(=N/NC(=O)c1ccc(Cl)cc1)CCC2. The molecule has 0 saturated heterocycles. The number of halogens is 1. The number of primary amides is 1. The Bertz CT molecular complexity index is 838. The average Bonchev–Trinajstić information content (AvgIpc) is 2.91. The number of furan rings is 1. The number of nitrogens with two attached hydrogens (primary N) is 1. The highest BCUT2D eigenvalue weighted by atomic mass is 35.5. The molecule has 1 aromatic carbocycles. The number of nitrogens with zero attached hydrogens (tertiary/aromatic N) is 1. The average molecular weight is 346 g/mol. The summed E-state index contributed by atoms with van der Waals surface area (Å²) in [5, 5.41) is 4.79. The molecule has 2 amide bonds. The van der Waals surface area contributed by atoms with Gasteiger partial charge in [0.05, 0.1) is 5.71 Å². The number of carbonyl (C=O) groups excluding carboxylic acids is 2. The zero-order valence-corrected chi connectivity index (χ0v) is 13.8. The molecule has 1 aliphatic rings. The molecule has 0 spiro atoms. The maximum atomic E-state index is 12.2. The van der Waals surface area contributed by atoms with Crippen LogP contribution in [0.15, 0.2) is 33.8 Å². The molecule has 3 N–H and O–H groups in total. The van der Waals surface area contributed by atoms with Crippen molar-refractivity contribution in [3.63, 3.8) is 0 Å². The molecular weight excluding hydrogens is 330 g/mol. The summed E-state index contributed by atoms with van der Waals surface area (Å²) in [6.07, 6.45) is 2.23. The molecule has 0 fully saturated rings. The minimum absolute atomic E-state index is 0.152. The molecule has 1 aliphatic carbocycles. The lowest BCUT2D eigenvalue weighted by atomic mass is 9.93. The van der Waals surface area contributed by atoms with E-state index in [9.17, 15) is 9.59 Å². The van der Waals surface area contributed by atoms with E-state index in [4.69, 9.17) is 21.8 Å². The van der Waals surface area contributed by atoms with Crippen LogP contribution in [0.2, 0.25) is 5.02 Å². The van der Waals surface area contributed by atoms with Crippen LogP contribution in [-0.2, 0) is 6.42 Å². The largest absolute Gasteiger partial charge is 0.455 e. The van der Waals surface area contributed by atoms with Crippen molar-refractivity contribution in [3.05, 3.63) is 57.5 Å². The Kier molecular flexibility index (Phi) is 4.40. The van der Waals surface area contributed by atoms with E-state index in [-0.39, 0.29) is 11.7 Å². The number of fused-ring (bicyclic) bond motifs is 1. The predicted molar refractivity (Wildman–Crippen MR) is 90.4 cm³/mol. The molecular formula is C17H16ClN3O3. The van der Waals surface area contributed by atoms with Gasteiger partial charge in [0.1, 0.15) is 5.76 Å². The Balaban J connectivity index is 1.86. The molecule has 124 valence electrons.